The summed E-state index contributed by atoms with van der Waals surface area (Å²) in [5.41, 5.74) is 1.51. The number of anilines is 1. The summed E-state index contributed by atoms with van der Waals surface area (Å²) >= 11 is 0. The van der Waals surface area contributed by atoms with Crippen LogP contribution >= 0.6 is 0 Å². The standard InChI is InChI=1S/C17H20N6O2/c24-16-9-12(10-22(16)14-3-1-2-4-14)17(25)19-13-5-7-15(8-6-13)23-11-18-20-21-23/h5-8,11-12,14H,1-4,9-10H2,(H,19,25). The number of likely N-dealkylation sites (tertiary alicyclic amines) is 1. The van der Waals surface area contributed by atoms with Crippen molar-refractivity contribution in [3.8, 4) is 5.69 Å². The summed E-state index contributed by atoms with van der Waals surface area (Å²) in [6.45, 7) is 0.540. The molecule has 1 aliphatic carbocycles. The molecule has 1 saturated heterocycles. The third-order valence-corrected chi connectivity index (χ3v) is 5.04. The van der Waals surface area contributed by atoms with Crippen molar-refractivity contribution in [2.75, 3.05) is 11.9 Å². The zero-order valence-electron chi connectivity index (χ0n) is 13.8. The van der Waals surface area contributed by atoms with E-state index in [1.807, 2.05) is 17.0 Å². The number of tetrazole rings is 1. The van der Waals surface area contributed by atoms with Gasteiger partial charge in [-0.3, -0.25) is 9.59 Å². The van der Waals surface area contributed by atoms with E-state index in [-0.39, 0.29) is 17.7 Å². The Morgan fingerprint density at radius 2 is 1.92 bits per heavy atom. The van der Waals surface area contributed by atoms with Crippen LogP contribution in [0.1, 0.15) is 32.1 Å². The average Bonchev–Trinajstić information content (AvgIpc) is 3.37. The van der Waals surface area contributed by atoms with Crippen LogP contribution in [0.15, 0.2) is 30.6 Å². The fraction of sp³-hybridized carbons (Fsp3) is 0.471. The molecule has 2 fully saturated rings. The molecular weight excluding hydrogens is 320 g/mol. The minimum absolute atomic E-state index is 0.0935. The highest BCUT2D eigenvalue weighted by molar-refractivity contribution is 5.97. The van der Waals surface area contributed by atoms with E-state index in [9.17, 15) is 9.59 Å². The van der Waals surface area contributed by atoms with Crippen molar-refractivity contribution in [3.05, 3.63) is 30.6 Å². The van der Waals surface area contributed by atoms with Crippen LogP contribution in [-0.2, 0) is 9.59 Å². The minimum atomic E-state index is -0.271. The number of rotatable bonds is 4. The fourth-order valence-electron chi connectivity index (χ4n) is 3.70. The Morgan fingerprint density at radius 3 is 2.60 bits per heavy atom. The van der Waals surface area contributed by atoms with Crippen molar-refractivity contribution in [1.29, 1.82) is 0 Å². The molecule has 130 valence electrons. The van der Waals surface area contributed by atoms with Crippen LogP contribution in [0.2, 0.25) is 0 Å². The van der Waals surface area contributed by atoms with Gasteiger partial charge in [-0.1, -0.05) is 12.8 Å². The topological polar surface area (TPSA) is 93.0 Å². The van der Waals surface area contributed by atoms with Crippen molar-refractivity contribution in [2.45, 2.75) is 38.1 Å². The van der Waals surface area contributed by atoms with Crippen LogP contribution in [0, 0.1) is 5.92 Å². The number of hydrogen-bond donors (Lipinski definition) is 1. The first-order valence-corrected chi connectivity index (χ1v) is 8.64. The van der Waals surface area contributed by atoms with Crippen LogP contribution in [0.4, 0.5) is 5.69 Å². The van der Waals surface area contributed by atoms with E-state index < -0.39 is 0 Å². The summed E-state index contributed by atoms with van der Waals surface area (Å²) in [5.74, 6) is -0.252. The third kappa shape index (κ3) is 3.24. The van der Waals surface area contributed by atoms with Gasteiger partial charge in [-0.05, 0) is 47.5 Å². The molecule has 0 spiro atoms. The SMILES string of the molecule is O=C(Nc1ccc(-n2cnnn2)cc1)C1CC(=O)N(C2CCCC2)C1. The van der Waals surface area contributed by atoms with E-state index in [4.69, 9.17) is 0 Å². The van der Waals surface area contributed by atoms with Crippen LogP contribution in [0.3, 0.4) is 0 Å². The molecule has 2 amide bonds. The van der Waals surface area contributed by atoms with Gasteiger partial charge in [0.1, 0.15) is 6.33 Å². The Hall–Kier alpha value is -2.77. The molecule has 1 unspecified atom stereocenters. The molecule has 2 aliphatic rings. The molecular formula is C17H20N6O2. The second kappa shape index (κ2) is 6.62. The molecule has 4 rings (SSSR count). The van der Waals surface area contributed by atoms with Crippen molar-refractivity contribution < 1.29 is 9.59 Å². The highest BCUT2D eigenvalue weighted by atomic mass is 16.2. The van der Waals surface area contributed by atoms with E-state index in [2.05, 4.69) is 20.8 Å². The quantitative estimate of drug-likeness (QED) is 0.908. The third-order valence-electron chi connectivity index (χ3n) is 5.04. The lowest BCUT2D eigenvalue weighted by Gasteiger charge is -2.23. The maximum absolute atomic E-state index is 12.5. The van der Waals surface area contributed by atoms with E-state index >= 15 is 0 Å². The second-order valence-electron chi connectivity index (χ2n) is 6.68. The number of carbonyl (C=O) groups excluding carboxylic acids is 2. The molecule has 2 heterocycles. The lowest BCUT2D eigenvalue weighted by Crippen LogP contribution is -2.35. The van der Waals surface area contributed by atoms with E-state index in [1.54, 1.807) is 16.8 Å². The molecule has 1 saturated carbocycles. The van der Waals surface area contributed by atoms with Crippen molar-refractivity contribution in [2.24, 2.45) is 5.92 Å². The molecule has 0 bridgehead atoms. The Balaban J connectivity index is 1.38. The van der Waals surface area contributed by atoms with Gasteiger partial charge in [0, 0.05) is 24.7 Å². The molecule has 1 atom stereocenters. The molecule has 1 aliphatic heterocycles. The summed E-state index contributed by atoms with van der Waals surface area (Å²) in [6, 6.07) is 7.61. The lowest BCUT2D eigenvalue weighted by atomic mass is 10.1. The minimum Gasteiger partial charge on any atom is -0.339 e. The van der Waals surface area contributed by atoms with Gasteiger partial charge < -0.3 is 10.2 Å². The highest BCUT2D eigenvalue weighted by Crippen LogP contribution is 2.30. The number of amides is 2. The van der Waals surface area contributed by atoms with Crippen LogP contribution in [0.25, 0.3) is 5.69 Å². The molecule has 0 radical (unpaired) electrons. The van der Waals surface area contributed by atoms with E-state index in [0.717, 1.165) is 18.5 Å². The average molecular weight is 340 g/mol. The van der Waals surface area contributed by atoms with Gasteiger partial charge in [-0.15, -0.1) is 5.10 Å². The van der Waals surface area contributed by atoms with E-state index in [0.29, 0.717) is 24.7 Å². The Bertz CT molecular complexity index is 752. The normalized spacial score (nSPS) is 21.0. The Morgan fingerprint density at radius 1 is 1.16 bits per heavy atom. The fourth-order valence-corrected chi connectivity index (χ4v) is 3.70. The molecule has 2 aromatic rings. The summed E-state index contributed by atoms with van der Waals surface area (Å²) in [6.07, 6.45) is 6.32. The molecule has 1 aromatic carbocycles. The summed E-state index contributed by atoms with van der Waals surface area (Å²) in [7, 11) is 0. The van der Waals surface area contributed by atoms with Gasteiger partial charge in [0.25, 0.3) is 0 Å². The number of benzene rings is 1. The number of nitrogens with zero attached hydrogens (tertiary/aromatic N) is 5. The molecule has 1 N–H and O–H groups in total. The molecule has 8 heteroatoms. The largest absolute Gasteiger partial charge is 0.339 e. The van der Waals surface area contributed by atoms with Crippen molar-refractivity contribution in [1.82, 2.24) is 25.1 Å². The van der Waals surface area contributed by atoms with Gasteiger partial charge in [0.2, 0.25) is 11.8 Å². The van der Waals surface area contributed by atoms with Crippen molar-refractivity contribution in [3.63, 3.8) is 0 Å². The van der Waals surface area contributed by atoms with Crippen molar-refractivity contribution >= 4 is 17.5 Å². The smallest absolute Gasteiger partial charge is 0.229 e. The van der Waals surface area contributed by atoms with Gasteiger partial charge >= 0.3 is 0 Å². The highest BCUT2D eigenvalue weighted by Gasteiger charge is 2.38. The monoisotopic (exact) mass is 340 g/mol. The first-order chi connectivity index (χ1) is 12.2. The van der Waals surface area contributed by atoms with Gasteiger partial charge in [-0.25, -0.2) is 4.68 Å². The predicted octanol–water partition coefficient (Wildman–Crippen LogP) is 1.39. The van der Waals surface area contributed by atoms with Crippen LogP contribution < -0.4 is 5.32 Å². The summed E-state index contributed by atoms with van der Waals surface area (Å²) < 4.78 is 1.54. The molecule has 8 nitrogen and oxygen atoms in total. The number of hydrogen-bond acceptors (Lipinski definition) is 5. The lowest BCUT2D eigenvalue weighted by molar-refractivity contribution is -0.129. The summed E-state index contributed by atoms with van der Waals surface area (Å²) in [4.78, 5) is 26.7. The van der Waals surface area contributed by atoms with Crippen LogP contribution in [0.5, 0.6) is 0 Å². The predicted molar refractivity (Wildman–Crippen MR) is 89.9 cm³/mol. The number of nitrogens with one attached hydrogen (secondary N) is 1. The maximum Gasteiger partial charge on any atom is 0.229 e. The zero-order chi connectivity index (χ0) is 17.2. The maximum atomic E-state index is 12.5. The Kier molecular flexibility index (Phi) is 4.17. The second-order valence-corrected chi connectivity index (χ2v) is 6.68. The van der Waals surface area contributed by atoms with Gasteiger partial charge in [0.15, 0.2) is 0 Å². The van der Waals surface area contributed by atoms with E-state index in [1.165, 1.54) is 19.2 Å². The van der Waals surface area contributed by atoms with Gasteiger partial charge in [-0.2, -0.15) is 0 Å². The first-order valence-electron chi connectivity index (χ1n) is 8.64. The Labute approximate surface area is 145 Å². The first kappa shape index (κ1) is 15.7. The van der Waals surface area contributed by atoms with Gasteiger partial charge in [0.05, 0.1) is 11.6 Å². The number of carbonyl (C=O) groups is 2. The van der Waals surface area contributed by atoms with Crippen LogP contribution in [-0.4, -0.2) is 49.5 Å². The number of aromatic nitrogens is 4. The summed E-state index contributed by atoms with van der Waals surface area (Å²) in [5, 5.41) is 13.9. The molecule has 25 heavy (non-hydrogen) atoms. The molecule has 1 aromatic heterocycles. The zero-order valence-corrected chi connectivity index (χ0v) is 13.8.